The van der Waals surface area contributed by atoms with Gasteiger partial charge in [-0.2, -0.15) is 0 Å². The van der Waals surface area contributed by atoms with Crippen LogP contribution in [0.15, 0.2) is 54.7 Å². The highest BCUT2D eigenvalue weighted by Gasteiger charge is 2.30. The lowest BCUT2D eigenvalue weighted by Crippen LogP contribution is -2.49. The van der Waals surface area contributed by atoms with Gasteiger partial charge in [-0.15, -0.1) is 0 Å². The first-order valence-electron chi connectivity index (χ1n) is 12.1. The summed E-state index contributed by atoms with van der Waals surface area (Å²) >= 11 is 0. The Balaban J connectivity index is 1.23. The third kappa shape index (κ3) is 5.48. The van der Waals surface area contributed by atoms with Gasteiger partial charge in [0.1, 0.15) is 5.82 Å². The Morgan fingerprint density at radius 2 is 1.81 bits per heavy atom. The average Bonchev–Trinajstić information content (AvgIpc) is 3.35. The number of carbonyl (C=O) groups is 1. The van der Waals surface area contributed by atoms with Crippen LogP contribution in [0.5, 0.6) is 0 Å². The van der Waals surface area contributed by atoms with Crippen LogP contribution in [-0.2, 0) is 4.79 Å². The maximum Gasteiger partial charge on any atom is 0.223 e. The molecular weight excluding hydrogens is 398 g/mol. The molecule has 3 heterocycles. The molecule has 0 saturated carbocycles. The molecule has 0 radical (unpaired) electrons. The number of likely N-dealkylation sites (N-methyl/N-ethyl adjacent to an activating group) is 1. The number of carbonyl (C=O) groups excluding carboxylic acids is 1. The van der Waals surface area contributed by atoms with Crippen molar-refractivity contribution in [2.24, 2.45) is 0 Å². The fourth-order valence-electron chi connectivity index (χ4n) is 5.08. The maximum atomic E-state index is 12.9. The number of hydrogen-bond donors (Lipinski definition) is 0. The monoisotopic (exact) mass is 435 g/mol. The molecule has 0 bridgehead atoms. The van der Waals surface area contributed by atoms with E-state index < -0.39 is 0 Å². The molecule has 2 fully saturated rings. The minimum atomic E-state index is 0.289. The third-order valence-electron chi connectivity index (χ3n) is 7.17. The van der Waals surface area contributed by atoms with Gasteiger partial charge in [0.05, 0.1) is 0 Å². The van der Waals surface area contributed by atoms with Gasteiger partial charge in [0.25, 0.3) is 0 Å². The fraction of sp³-hybridized carbons (Fsp3) is 0.538. The third-order valence-corrected chi connectivity index (χ3v) is 7.17. The van der Waals surface area contributed by atoms with E-state index in [1.807, 2.05) is 29.3 Å². The highest BCUT2D eigenvalue weighted by molar-refractivity contribution is 5.76. The summed E-state index contributed by atoms with van der Waals surface area (Å²) in [4.78, 5) is 26.7. The molecule has 172 valence electrons. The molecule has 2 atom stereocenters. The molecule has 32 heavy (non-hydrogen) atoms. The van der Waals surface area contributed by atoms with Crippen molar-refractivity contribution < 1.29 is 4.79 Å². The molecule has 0 unspecified atom stereocenters. The zero-order valence-corrected chi connectivity index (χ0v) is 19.6. The van der Waals surface area contributed by atoms with E-state index in [1.54, 1.807) is 0 Å². The molecular formula is C26H37N5O. The van der Waals surface area contributed by atoms with Gasteiger partial charge in [0.2, 0.25) is 5.91 Å². The molecule has 4 rings (SSSR count). The Hall–Kier alpha value is -2.44. The number of amides is 1. The molecule has 0 spiro atoms. The number of benzene rings is 1. The summed E-state index contributed by atoms with van der Waals surface area (Å²) in [6.07, 6.45) is 3.63. The number of pyridine rings is 1. The van der Waals surface area contributed by atoms with Crippen molar-refractivity contribution in [1.82, 2.24) is 19.7 Å². The van der Waals surface area contributed by atoms with E-state index in [1.165, 1.54) is 12.0 Å². The van der Waals surface area contributed by atoms with Gasteiger partial charge in [-0.05, 0) is 37.6 Å². The highest BCUT2D eigenvalue weighted by atomic mass is 16.2. The zero-order valence-electron chi connectivity index (χ0n) is 19.6. The Kier molecular flexibility index (Phi) is 7.76. The molecule has 2 saturated heterocycles. The topological polar surface area (TPSA) is 42.9 Å². The molecule has 1 aromatic heterocycles. The lowest BCUT2D eigenvalue weighted by molar-refractivity contribution is -0.131. The van der Waals surface area contributed by atoms with Crippen molar-refractivity contribution in [2.75, 3.05) is 57.3 Å². The van der Waals surface area contributed by atoms with Crippen LogP contribution in [0.1, 0.15) is 38.3 Å². The second-order valence-corrected chi connectivity index (χ2v) is 8.96. The molecule has 1 aromatic carbocycles. The molecule has 1 amide bonds. The van der Waals surface area contributed by atoms with Crippen molar-refractivity contribution in [2.45, 2.75) is 38.8 Å². The number of piperazine rings is 1. The Morgan fingerprint density at radius 1 is 1.06 bits per heavy atom. The quantitative estimate of drug-likeness (QED) is 0.637. The van der Waals surface area contributed by atoms with Crippen molar-refractivity contribution in [3.63, 3.8) is 0 Å². The van der Waals surface area contributed by atoms with E-state index in [-0.39, 0.29) is 5.91 Å². The first-order valence-corrected chi connectivity index (χ1v) is 12.1. The fourth-order valence-corrected chi connectivity index (χ4v) is 5.08. The van der Waals surface area contributed by atoms with E-state index in [0.29, 0.717) is 18.5 Å². The summed E-state index contributed by atoms with van der Waals surface area (Å²) in [5.41, 5.74) is 1.39. The Labute approximate surface area is 192 Å². The number of anilines is 1. The molecule has 6 nitrogen and oxygen atoms in total. The molecule has 2 aliphatic rings. The normalized spacial score (nSPS) is 20.7. The van der Waals surface area contributed by atoms with E-state index in [9.17, 15) is 4.79 Å². The summed E-state index contributed by atoms with van der Waals surface area (Å²) in [5, 5.41) is 0. The predicted molar refractivity (Wildman–Crippen MR) is 130 cm³/mol. The lowest BCUT2D eigenvalue weighted by Gasteiger charge is -2.36. The van der Waals surface area contributed by atoms with Crippen LogP contribution < -0.4 is 4.90 Å². The predicted octanol–water partition coefficient (Wildman–Crippen LogP) is 3.28. The molecule has 0 aliphatic carbocycles. The van der Waals surface area contributed by atoms with E-state index >= 15 is 0 Å². The van der Waals surface area contributed by atoms with Gasteiger partial charge < -0.3 is 9.80 Å². The van der Waals surface area contributed by atoms with Gasteiger partial charge in [0, 0.05) is 70.5 Å². The molecule has 6 heteroatoms. The molecule has 0 N–H and O–H groups in total. The standard InChI is InChI=1S/C26H37N5O/c1-3-28(24-12-15-31(21-24)22(2)23-9-5-4-6-10-23)16-13-26(32)30-19-17-29(18-20-30)25-11-7-8-14-27-25/h4-11,14,22,24H,3,12-13,15-21H2,1-2H3/t22-,24-/m1/s1. The highest BCUT2D eigenvalue weighted by Crippen LogP contribution is 2.26. The smallest absolute Gasteiger partial charge is 0.223 e. The van der Waals surface area contributed by atoms with Crippen LogP contribution >= 0.6 is 0 Å². The molecule has 2 aromatic rings. The van der Waals surface area contributed by atoms with Crippen LogP contribution in [0.4, 0.5) is 5.82 Å². The van der Waals surface area contributed by atoms with Gasteiger partial charge >= 0.3 is 0 Å². The van der Waals surface area contributed by atoms with Crippen LogP contribution in [0.25, 0.3) is 0 Å². The second kappa shape index (κ2) is 10.9. The summed E-state index contributed by atoms with van der Waals surface area (Å²) in [7, 11) is 0. The average molecular weight is 436 g/mol. The minimum Gasteiger partial charge on any atom is -0.353 e. The van der Waals surface area contributed by atoms with E-state index in [0.717, 1.165) is 58.2 Å². The number of nitrogens with zero attached hydrogens (tertiary/aromatic N) is 5. The van der Waals surface area contributed by atoms with Crippen molar-refractivity contribution in [1.29, 1.82) is 0 Å². The van der Waals surface area contributed by atoms with Crippen LogP contribution in [-0.4, -0.2) is 84.0 Å². The summed E-state index contributed by atoms with van der Waals surface area (Å²) in [5.74, 6) is 1.30. The first-order chi connectivity index (χ1) is 15.7. The lowest BCUT2D eigenvalue weighted by atomic mass is 10.1. The zero-order chi connectivity index (χ0) is 22.3. The van der Waals surface area contributed by atoms with Gasteiger partial charge in [-0.1, -0.05) is 43.3 Å². The van der Waals surface area contributed by atoms with Crippen molar-refractivity contribution >= 4 is 11.7 Å². The van der Waals surface area contributed by atoms with Crippen LogP contribution in [0.2, 0.25) is 0 Å². The van der Waals surface area contributed by atoms with Gasteiger partial charge in [-0.3, -0.25) is 14.6 Å². The van der Waals surface area contributed by atoms with Crippen molar-refractivity contribution in [3.05, 3.63) is 60.3 Å². The Morgan fingerprint density at radius 3 is 2.50 bits per heavy atom. The summed E-state index contributed by atoms with van der Waals surface area (Å²) in [6, 6.07) is 17.8. The number of hydrogen-bond acceptors (Lipinski definition) is 5. The summed E-state index contributed by atoms with van der Waals surface area (Å²) < 4.78 is 0. The summed E-state index contributed by atoms with van der Waals surface area (Å²) in [6.45, 7) is 11.9. The number of rotatable bonds is 8. The SMILES string of the molecule is CCN(CCC(=O)N1CCN(c2ccccn2)CC1)[C@@H]1CCN([C@H](C)c2ccccc2)C1. The Bertz CT molecular complexity index is 838. The number of likely N-dealkylation sites (tertiary alicyclic amines) is 1. The minimum absolute atomic E-state index is 0.289. The largest absolute Gasteiger partial charge is 0.353 e. The second-order valence-electron chi connectivity index (χ2n) is 8.96. The maximum absolute atomic E-state index is 12.9. The van der Waals surface area contributed by atoms with Crippen LogP contribution in [0, 0.1) is 0 Å². The van der Waals surface area contributed by atoms with E-state index in [2.05, 4.69) is 63.9 Å². The number of aromatic nitrogens is 1. The first kappa shape index (κ1) is 22.7. The van der Waals surface area contributed by atoms with Crippen LogP contribution in [0.3, 0.4) is 0 Å². The van der Waals surface area contributed by atoms with Gasteiger partial charge in [-0.25, -0.2) is 4.98 Å². The van der Waals surface area contributed by atoms with Gasteiger partial charge in [0.15, 0.2) is 0 Å². The molecule has 2 aliphatic heterocycles. The van der Waals surface area contributed by atoms with E-state index in [4.69, 9.17) is 0 Å². The van der Waals surface area contributed by atoms with Crippen molar-refractivity contribution in [3.8, 4) is 0 Å².